The summed E-state index contributed by atoms with van der Waals surface area (Å²) in [5.74, 6) is 0.595. The summed E-state index contributed by atoms with van der Waals surface area (Å²) in [4.78, 5) is 15.2. The van der Waals surface area contributed by atoms with Gasteiger partial charge in [-0.1, -0.05) is 29.8 Å². The molecule has 1 N–H and O–H groups in total. The van der Waals surface area contributed by atoms with Crippen LogP contribution in [-0.4, -0.2) is 38.1 Å². The van der Waals surface area contributed by atoms with Crippen LogP contribution in [0.25, 0.3) is 10.1 Å². The molecule has 1 amide bonds. The lowest BCUT2D eigenvalue weighted by atomic mass is 10.2. The molecule has 0 aliphatic rings. The Morgan fingerprint density at radius 2 is 1.88 bits per heavy atom. The van der Waals surface area contributed by atoms with Crippen LogP contribution in [-0.2, 0) is 0 Å². The van der Waals surface area contributed by atoms with E-state index in [1.54, 1.807) is 0 Å². The van der Waals surface area contributed by atoms with Gasteiger partial charge in [0.25, 0.3) is 5.91 Å². The number of rotatable bonds is 7. The molecule has 26 heavy (non-hydrogen) atoms. The zero-order chi connectivity index (χ0) is 18.5. The summed E-state index contributed by atoms with van der Waals surface area (Å²) in [5.41, 5.74) is 0.712. The van der Waals surface area contributed by atoms with Crippen molar-refractivity contribution in [2.45, 2.75) is 6.42 Å². The standard InChI is InChI=1S/C20H21ClN2O2S/c1-23(2)12-5-13-25-15-10-8-14(9-11-15)22-20(24)19-18(21)16-6-3-4-7-17(16)26-19/h3-4,6-11H,5,12-13H2,1-2H3,(H,22,24). The van der Waals surface area contributed by atoms with Gasteiger partial charge in [0, 0.05) is 22.3 Å². The van der Waals surface area contributed by atoms with Crippen LogP contribution < -0.4 is 10.1 Å². The van der Waals surface area contributed by atoms with Crippen molar-refractivity contribution in [1.82, 2.24) is 4.90 Å². The number of fused-ring (bicyclic) bond motifs is 1. The van der Waals surface area contributed by atoms with Gasteiger partial charge in [0.2, 0.25) is 0 Å². The first-order chi connectivity index (χ1) is 12.5. The highest BCUT2D eigenvalue weighted by molar-refractivity contribution is 7.21. The molecule has 0 aliphatic carbocycles. The normalized spacial score (nSPS) is 11.1. The molecule has 0 atom stereocenters. The maximum Gasteiger partial charge on any atom is 0.267 e. The maximum absolute atomic E-state index is 12.5. The highest BCUT2D eigenvalue weighted by Crippen LogP contribution is 2.35. The summed E-state index contributed by atoms with van der Waals surface area (Å²) in [7, 11) is 4.08. The fourth-order valence-corrected chi connectivity index (χ4v) is 3.97. The number of hydrogen-bond donors (Lipinski definition) is 1. The Morgan fingerprint density at radius 1 is 1.15 bits per heavy atom. The number of thiophene rings is 1. The van der Waals surface area contributed by atoms with Crippen molar-refractivity contribution in [3.05, 3.63) is 58.4 Å². The average Bonchev–Trinajstić information content (AvgIpc) is 2.97. The second kappa shape index (κ2) is 8.54. The van der Waals surface area contributed by atoms with E-state index in [0.717, 1.165) is 28.8 Å². The third-order valence-corrected chi connectivity index (χ3v) is 5.55. The van der Waals surface area contributed by atoms with Gasteiger partial charge in [0.15, 0.2) is 0 Å². The Balaban J connectivity index is 1.61. The molecule has 0 aliphatic heterocycles. The summed E-state index contributed by atoms with van der Waals surface area (Å²) in [5, 5.41) is 4.31. The summed E-state index contributed by atoms with van der Waals surface area (Å²) >= 11 is 7.76. The van der Waals surface area contributed by atoms with Crippen LogP contribution in [0.4, 0.5) is 5.69 Å². The van der Waals surface area contributed by atoms with E-state index >= 15 is 0 Å². The van der Waals surface area contributed by atoms with Crippen molar-refractivity contribution in [3.63, 3.8) is 0 Å². The van der Waals surface area contributed by atoms with Gasteiger partial charge < -0.3 is 15.0 Å². The quantitative estimate of drug-likeness (QED) is 0.570. The number of nitrogens with zero attached hydrogens (tertiary/aromatic N) is 1. The number of carbonyl (C=O) groups is 1. The highest BCUT2D eigenvalue weighted by Gasteiger charge is 2.17. The predicted molar refractivity (Wildman–Crippen MR) is 110 cm³/mol. The summed E-state index contributed by atoms with van der Waals surface area (Å²) in [6, 6.07) is 15.1. The van der Waals surface area contributed by atoms with Crippen LogP contribution in [0.2, 0.25) is 5.02 Å². The summed E-state index contributed by atoms with van der Waals surface area (Å²) in [6.07, 6.45) is 0.968. The van der Waals surface area contributed by atoms with E-state index in [4.69, 9.17) is 16.3 Å². The first kappa shape index (κ1) is 18.7. The van der Waals surface area contributed by atoms with E-state index in [9.17, 15) is 4.79 Å². The fourth-order valence-electron chi connectivity index (χ4n) is 2.55. The maximum atomic E-state index is 12.5. The van der Waals surface area contributed by atoms with E-state index in [-0.39, 0.29) is 5.91 Å². The Kier molecular flexibility index (Phi) is 6.14. The van der Waals surface area contributed by atoms with E-state index < -0.39 is 0 Å². The van der Waals surface area contributed by atoms with Crippen LogP contribution >= 0.6 is 22.9 Å². The van der Waals surface area contributed by atoms with Gasteiger partial charge >= 0.3 is 0 Å². The van der Waals surface area contributed by atoms with Gasteiger partial charge in [-0.25, -0.2) is 0 Å². The van der Waals surface area contributed by atoms with Gasteiger partial charge in [-0.2, -0.15) is 0 Å². The third kappa shape index (κ3) is 4.55. The number of benzene rings is 2. The van der Waals surface area contributed by atoms with Gasteiger partial charge in [-0.15, -0.1) is 11.3 Å². The van der Waals surface area contributed by atoms with Crippen LogP contribution in [0.5, 0.6) is 5.75 Å². The van der Waals surface area contributed by atoms with Gasteiger partial charge in [0.05, 0.1) is 11.6 Å². The van der Waals surface area contributed by atoms with Gasteiger partial charge in [0.1, 0.15) is 10.6 Å². The van der Waals surface area contributed by atoms with E-state index in [0.29, 0.717) is 22.2 Å². The van der Waals surface area contributed by atoms with Gasteiger partial charge in [-0.3, -0.25) is 4.79 Å². The van der Waals surface area contributed by atoms with Crippen molar-refractivity contribution in [2.75, 3.05) is 32.6 Å². The number of hydrogen-bond acceptors (Lipinski definition) is 4. The molecule has 1 aromatic heterocycles. The molecule has 0 unspecified atom stereocenters. The van der Waals surface area contributed by atoms with E-state index in [1.165, 1.54) is 11.3 Å². The number of amides is 1. The molecule has 0 bridgehead atoms. The minimum absolute atomic E-state index is 0.198. The first-order valence-electron chi connectivity index (χ1n) is 8.40. The number of anilines is 1. The topological polar surface area (TPSA) is 41.6 Å². The Hall–Kier alpha value is -2.08. The van der Waals surface area contributed by atoms with Crippen molar-refractivity contribution in [2.24, 2.45) is 0 Å². The minimum atomic E-state index is -0.198. The summed E-state index contributed by atoms with van der Waals surface area (Å²) in [6.45, 7) is 1.66. The zero-order valence-corrected chi connectivity index (χ0v) is 16.4. The molecule has 3 aromatic rings. The number of nitrogens with one attached hydrogen (secondary N) is 1. The molecule has 0 spiro atoms. The van der Waals surface area contributed by atoms with E-state index in [1.807, 2.05) is 62.6 Å². The van der Waals surface area contributed by atoms with Crippen molar-refractivity contribution in [1.29, 1.82) is 0 Å². The van der Waals surface area contributed by atoms with Crippen LogP contribution in [0.3, 0.4) is 0 Å². The Morgan fingerprint density at radius 3 is 2.58 bits per heavy atom. The lowest BCUT2D eigenvalue weighted by molar-refractivity contribution is 0.103. The van der Waals surface area contributed by atoms with Crippen LogP contribution in [0.15, 0.2) is 48.5 Å². The second-order valence-electron chi connectivity index (χ2n) is 6.23. The number of ether oxygens (including phenoxy) is 1. The van der Waals surface area contributed by atoms with Crippen molar-refractivity contribution < 1.29 is 9.53 Å². The molecule has 0 saturated heterocycles. The van der Waals surface area contributed by atoms with Crippen molar-refractivity contribution in [3.8, 4) is 5.75 Å². The highest BCUT2D eigenvalue weighted by atomic mass is 35.5. The molecule has 0 saturated carbocycles. The Labute approximate surface area is 162 Å². The summed E-state index contributed by atoms with van der Waals surface area (Å²) < 4.78 is 6.71. The molecule has 3 rings (SSSR count). The average molecular weight is 389 g/mol. The van der Waals surface area contributed by atoms with Crippen LogP contribution in [0.1, 0.15) is 16.1 Å². The Bertz CT molecular complexity index is 890. The molecular weight excluding hydrogens is 368 g/mol. The minimum Gasteiger partial charge on any atom is -0.494 e. The molecule has 136 valence electrons. The zero-order valence-electron chi connectivity index (χ0n) is 14.8. The fraction of sp³-hybridized carbons (Fsp3) is 0.250. The molecular formula is C20H21ClN2O2S. The molecule has 6 heteroatoms. The second-order valence-corrected chi connectivity index (χ2v) is 7.66. The predicted octanol–water partition coefficient (Wildman–Crippen LogP) is 5.14. The van der Waals surface area contributed by atoms with E-state index in [2.05, 4.69) is 10.2 Å². The molecule has 0 radical (unpaired) electrons. The van der Waals surface area contributed by atoms with Crippen molar-refractivity contribution >= 4 is 44.6 Å². The molecule has 1 heterocycles. The SMILES string of the molecule is CN(C)CCCOc1ccc(NC(=O)c2sc3ccccc3c2Cl)cc1. The molecule has 2 aromatic carbocycles. The first-order valence-corrected chi connectivity index (χ1v) is 9.60. The number of halogens is 1. The third-order valence-electron chi connectivity index (χ3n) is 3.87. The largest absolute Gasteiger partial charge is 0.494 e. The lowest BCUT2D eigenvalue weighted by Gasteiger charge is -2.11. The van der Waals surface area contributed by atoms with Gasteiger partial charge in [-0.05, 0) is 50.8 Å². The smallest absolute Gasteiger partial charge is 0.267 e. The molecule has 4 nitrogen and oxygen atoms in total. The lowest BCUT2D eigenvalue weighted by Crippen LogP contribution is -2.15. The molecule has 0 fully saturated rings. The van der Waals surface area contributed by atoms with Crippen LogP contribution in [0, 0.1) is 0 Å². The number of carbonyl (C=O) groups excluding carboxylic acids is 1. The monoisotopic (exact) mass is 388 g/mol.